The van der Waals surface area contributed by atoms with Crippen LogP contribution < -0.4 is 10.1 Å². The Balaban J connectivity index is 1.56. The quantitative estimate of drug-likeness (QED) is 0.599. The lowest BCUT2D eigenvalue weighted by Crippen LogP contribution is -2.32. The van der Waals surface area contributed by atoms with Gasteiger partial charge in [0.1, 0.15) is 12.4 Å². The van der Waals surface area contributed by atoms with Crippen LogP contribution in [-0.2, 0) is 4.74 Å². The Bertz CT molecular complexity index is 613. The predicted octanol–water partition coefficient (Wildman–Crippen LogP) is 3.92. The molecule has 0 bridgehead atoms. The molecule has 0 saturated carbocycles. The van der Waals surface area contributed by atoms with Crippen molar-refractivity contribution in [2.45, 2.75) is 38.8 Å². The van der Waals surface area contributed by atoms with Crippen molar-refractivity contribution >= 4 is 0 Å². The average molecular weight is 357 g/mol. The van der Waals surface area contributed by atoms with Crippen molar-refractivity contribution < 1.29 is 14.6 Å². The summed E-state index contributed by atoms with van der Waals surface area (Å²) in [4.78, 5) is 0. The van der Waals surface area contributed by atoms with Crippen molar-refractivity contribution in [3.8, 4) is 5.75 Å². The van der Waals surface area contributed by atoms with Crippen LogP contribution in [0.4, 0.5) is 0 Å². The summed E-state index contributed by atoms with van der Waals surface area (Å²) < 4.78 is 11.2. The van der Waals surface area contributed by atoms with Gasteiger partial charge >= 0.3 is 0 Å². The first kappa shape index (κ1) is 20.4. The second-order valence-electron chi connectivity index (χ2n) is 6.84. The maximum absolute atomic E-state index is 10.0. The summed E-state index contributed by atoms with van der Waals surface area (Å²) in [5.41, 5.74) is 2.51. The smallest absolute Gasteiger partial charge is 0.119 e. The first-order valence-electron chi connectivity index (χ1n) is 9.33. The highest BCUT2D eigenvalue weighted by Gasteiger charge is 2.08. The molecule has 0 heterocycles. The fourth-order valence-corrected chi connectivity index (χ4v) is 2.62. The van der Waals surface area contributed by atoms with Gasteiger partial charge in [-0.05, 0) is 36.1 Å². The molecule has 2 rings (SSSR count). The normalized spacial score (nSPS) is 13.6. The zero-order valence-electron chi connectivity index (χ0n) is 16.0. The second kappa shape index (κ2) is 11.0. The van der Waals surface area contributed by atoms with Gasteiger partial charge in [0.05, 0.1) is 19.3 Å². The molecule has 0 aliphatic heterocycles. The number of rotatable bonds is 11. The van der Waals surface area contributed by atoms with Gasteiger partial charge < -0.3 is 19.9 Å². The Morgan fingerprint density at radius 3 is 2.23 bits per heavy atom. The van der Waals surface area contributed by atoms with E-state index < -0.39 is 6.10 Å². The number of nitrogens with one attached hydrogen (secondary N) is 1. The Morgan fingerprint density at radius 1 is 0.885 bits per heavy atom. The van der Waals surface area contributed by atoms with Crippen molar-refractivity contribution in [2.24, 2.45) is 0 Å². The number of hydrogen-bond acceptors (Lipinski definition) is 4. The van der Waals surface area contributed by atoms with Crippen molar-refractivity contribution in [2.75, 3.05) is 26.4 Å². The van der Waals surface area contributed by atoms with E-state index in [-0.39, 0.29) is 6.04 Å². The van der Waals surface area contributed by atoms with E-state index in [0.717, 1.165) is 5.75 Å². The molecule has 0 spiro atoms. The second-order valence-corrected chi connectivity index (χ2v) is 6.84. The van der Waals surface area contributed by atoms with Gasteiger partial charge in [0.25, 0.3) is 0 Å². The monoisotopic (exact) mass is 357 g/mol. The number of aliphatic hydroxyl groups is 1. The van der Waals surface area contributed by atoms with Crippen molar-refractivity contribution in [3.63, 3.8) is 0 Å². The molecule has 2 N–H and O–H groups in total. The third kappa shape index (κ3) is 7.16. The summed E-state index contributed by atoms with van der Waals surface area (Å²) in [6, 6.07) is 18.5. The highest BCUT2D eigenvalue weighted by atomic mass is 16.5. The van der Waals surface area contributed by atoms with Crippen LogP contribution in [0.5, 0.6) is 5.75 Å². The third-order valence-corrected chi connectivity index (χ3v) is 4.31. The molecule has 0 unspecified atom stereocenters. The first-order valence-corrected chi connectivity index (χ1v) is 9.33. The number of aliphatic hydroxyl groups excluding tert-OH is 1. The molecule has 2 atom stereocenters. The molecule has 0 radical (unpaired) electrons. The Labute approximate surface area is 157 Å². The Morgan fingerprint density at radius 2 is 1.58 bits per heavy atom. The molecular weight excluding hydrogens is 326 g/mol. The number of ether oxygens (including phenoxy) is 2. The number of benzene rings is 2. The standard InChI is InChI=1S/C22H31NO3/c1-17(2)19-9-11-22(12-10-19)26-14-13-25-16-21(24)15-23-18(3)20-7-5-4-6-8-20/h4-12,17-18,21,23-24H,13-16H2,1-3H3/t18-,21-/m1/s1. The molecule has 0 aliphatic carbocycles. The van der Waals surface area contributed by atoms with E-state index in [9.17, 15) is 5.11 Å². The van der Waals surface area contributed by atoms with Crippen LogP contribution in [0.3, 0.4) is 0 Å². The Kier molecular flexibility index (Phi) is 8.62. The SMILES string of the molecule is CC(C)c1ccc(OCCOC[C@H](O)CN[C@H](C)c2ccccc2)cc1. The summed E-state index contributed by atoms with van der Waals surface area (Å²) >= 11 is 0. The van der Waals surface area contributed by atoms with Gasteiger partial charge in [0.2, 0.25) is 0 Å². The van der Waals surface area contributed by atoms with Crippen LogP contribution in [0.25, 0.3) is 0 Å². The maximum atomic E-state index is 10.0. The van der Waals surface area contributed by atoms with Gasteiger partial charge in [0.15, 0.2) is 0 Å². The largest absolute Gasteiger partial charge is 0.491 e. The zero-order chi connectivity index (χ0) is 18.8. The molecule has 0 saturated heterocycles. The van der Waals surface area contributed by atoms with Crippen LogP contribution in [0.15, 0.2) is 54.6 Å². The molecular formula is C22H31NO3. The van der Waals surface area contributed by atoms with E-state index in [4.69, 9.17) is 9.47 Å². The van der Waals surface area contributed by atoms with E-state index in [1.807, 2.05) is 30.3 Å². The van der Waals surface area contributed by atoms with Gasteiger partial charge in [-0.15, -0.1) is 0 Å². The summed E-state index contributed by atoms with van der Waals surface area (Å²) in [5.74, 6) is 1.36. The van der Waals surface area contributed by atoms with E-state index in [0.29, 0.717) is 32.3 Å². The minimum atomic E-state index is -0.536. The van der Waals surface area contributed by atoms with Gasteiger partial charge in [-0.25, -0.2) is 0 Å². The van der Waals surface area contributed by atoms with E-state index in [2.05, 4.69) is 50.4 Å². The van der Waals surface area contributed by atoms with Crippen LogP contribution >= 0.6 is 0 Å². The summed E-state index contributed by atoms with van der Waals surface area (Å²) in [5, 5.41) is 13.3. The lowest BCUT2D eigenvalue weighted by atomic mass is 10.0. The van der Waals surface area contributed by atoms with E-state index in [1.54, 1.807) is 0 Å². The number of hydrogen-bond donors (Lipinski definition) is 2. The molecule has 4 nitrogen and oxygen atoms in total. The van der Waals surface area contributed by atoms with Gasteiger partial charge in [0, 0.05) is 12.6 Å². The van der Waals surface area contributed by atoms with E-state index >= 15 is 0 Å². The van der Waals surface area contributed by atoms with Crippen LogP contribution in [-0.4, -0.2) is 37.6 Å². The fourth-order valence-electron chi connectivity index (χ4n) is 2.62. The Hall–Kier alpha value is -1.88. The molecule has 0 fully saturated rings. The summed E-state index contributed by atoms with van der Waals surface area (Å²) in [6.07, 6.45) is -0.536. The minimum absolute atomic E-state index is 0.197. The third-order valence-electron chi connectivity index (χ3n) is 4.31. The summed E-state index contributed by atoms with van der Waals surface area (Å²) in [7, 11) is 0. The van der Waals surface area contributed by atoms with Crippen molar-refractivity contribution in [3.05, 3.63) is 65.7 Å². The lowest BCUT2D eigenvalue weighted by Gasteiger charge is -2.17. The van der Waals surface area contributed by atoms with Gasteiger partial charge in [-0.3, -0.25) is 0 Å². The molecule has 0 amide bonds. The molecule has 2 aromatic carbocycles. The molecule has 0 aliphatic rings. The van der Waals surface area contributed by atoms with Crippen LogP contribution in [0.2, 0.25) is 0 Å². The molecule has 0 aromatic heterocycles. The summed E-state index contributed by atoms with van der Waals surface area (Å²) in [6.45, 7) is 8.15. The van der Waals surface area contributed by atoms with Crippen molar-refractivity contribution in [1.82, 2.24) is 5.32 Å². The van der Waals surface area contributed by atoms with Gasteiger partial charge in [-0.1, -0.05) is 56.3 Å². The molecule has 2 aromatic rings. The molecule has 142 valence electrons. The maximum Gasteiger partial charge on any atom is 0.119 e. The minimum Gasteiger partial charge on any atom is -0.491 e. The predicted molar refractivity (Wildman–Crippen MR) is 106 cm³/mol. The van der Waals surface area contributed by atoms with E-state index in [1.165, 1.54) is 11.1 Å². The highest BCUT2D eigenvalue weighted by Crippen LogP contribution is 2.18. The highest BCUT2D eigenvalue weighted by molar-refractivity contribution is 5.28. The van der Waals surface area contributed by atoms with Gasteiger partial charge in [-0.2, -0.15) is 0 Å². The van der Waals surface area contributed by atoms with Crippen LogP contribution in [0, 0.1) is 0 Å². The fraction of sp³-hybridized carbons (Fsp3) is 0.455. The lowest BCUT2D eigenvalue weighted by molar-refractivity contribution is 0.0242. The average Bonchev–Trinajstić information content (AvgIpc) is 2.67. The van der Waals surface area contributed by atoms with Crippen molar-refractivity contribution in [1.29, 1.82) is 0 Å². The van der Waals surface area contributed by atoms with Crippen LogP contribution in [0.1, 0.15) is 43.9 Å². The topological polar surface area (TPSA) is 50.7 Å². The molecule has 26 heavy (non-hydrogen) atoms. The molecule has 4 heteroatoms. The zero-order valence-corrected chi connectivity index (χ0v) is 16.0. The first-order chi connectivity index (χ1) is 12.6.